The summed E-state index contributed by atoms with van der Waals surface area (Å²) in [6.07, 6.45) is 5.55. The molecule has 1 aromatic heterocycles. The minimum Gasteiger partial charge on any atom is -0.472 e. The van der Waals surface area contributed by atoms with Gasteiger partial charge in [-0.25, -0.2) is 0 Å². The molecule has 1 rings (SSSR count). The molecule has 0 amide bonds. The Hall–Kier alpha value is -1.02. The number of furan rings is 1. The molecule has 1 atom stereocenters. The molecule has 0 aliphatic rings. The van der Waals surface area contributed by atoms with Crippen LogP contribution in [0.3, 0.4) is 0 Å². The quantitative estimate of drug-likeness (QED) is 0.701. The maximum Gasteiger partial charge on any atom is 0.0950 e. The molecular weight excluding hydrogens is 174 g/mol. The molecule has 1 aromatic rings. The van der Waals surface area contributed by atoms with Crippen molar-refractivity contribution in [3.63, 3.8) is 0 Å². The summed E-state index contributed by atoms with van der Waals surface area (Å²) in [6, 6.07) is 2.36. The molecule has 1 N–H and O–H groups in total. The predicted molar refractivity (Wildman–Crippen MR) is 59.2 cm³/mol. The van der Waals surface area contributed by atoms with Crippen molar-refractivity contribution in [2.24, 2.45) is 0 Å². The van der Waals surface area contributed by atoms with Gasteiger partial charge in [0.25, 0.3) is 0 Å². The molecule has 0 spiro atoms. The van der Waals surface area contributed by atoms with E-state index < -0.39 is 0 Å². The standard InChI is InChI=1S/C12H19NO/c1-4-10(3)8-12(13-5-2)11-6-7-14-9-11/h6-7,9,12-13H,3-5,8H2,1-2H3. The van der Waals surface area contributed by atoms with Crippen molar-refractivity contribution in [2.75, 3.05) is 6.54 Å². The lowest BCUT2D eigenvalue weighted by molar-refractivity contribution is 0.521. The molecule has 0 aliphatic heterocycles. The summed E-state index contributed by atoms with van der Waals surface area (Å²) in [5.74, 6) is 0. The third kappa shape index (κ3) is 3.04. The minimum atomic E-state index is 0.353. The van der Waals surface area contributed by atoms with Gasteiger partial charge in [0.05, 0.1) is 12.5 Å². The third-order valence-electron chi connectivity index (χ3n) is 2.39. The highest BCUT2D eigenvalue weighted by atomic mass is 16.3. The van der Waals surface area contributed by atoms with Crippen molar-refractivity contribution < 1.29 is 4.42 Å². The predicted octanol–water partition coefficient (Wildman–Crippen LogP) is 3.29. The maximum absolute atomic E-state index is 5.09. The molecule has 0 bridgehead atoms. The summed E-state index contributed by atoms with van der Waals surface area (Å²) in [7, 11) is 0. The fraction of sp³-hybridized carbons (Fsp3) is 0.500. The van der Waals surface area contributed by atoms with Crippen LogP contribution in [-0.4, -0.2) is 6.54 Å². The van der Waals surface area contributed by atoms with Crippen molar-refractivity contribution in [1.29, 1.82) is 0 Å². The smallest absolute Gasteiger partial charge is 0.0950 e. The summed E-state index contributed by atoms with van der Waals surface area (Å²) < 4.78 is 5.09. The van der Waals surface area contributed by atoms with E-state index in [1.165, 1.54) is 11.1 Å². The Morgan fingerprint density at radius 2 is 2.36 bits per heavy atom. The highest BCUT2D eigenvalue weighted by Gasteiger charge is 2.11. The Bertz CT molecular complexity index is 264. The molecule has 0 aliphatic carbocycles. The lowest BCUT2D eigenvalue weighted by Gasteiger charge is -2.16. The first-order chi connectivity index (χ1) is 6.77. The summed E-state index contributed by atoms with van der Waals surface area (Å²) >= 11 is 0. The molecular formula is C12H19NO. The van der Waals surface area contributed by atoms with Crippen molar-refractivity contribution >= 4 is 0 Å². The van der Waals surface area contributed by atoms with Crippen LogP contribution >= 0.6 is 0 Å². The SMILES string of the molecule is C=C(CC)CC(NCC)c1ccoc1. The topological polar surface area (TPSA) is 25.2 Å². The van der Waals surface area contributed by atoms with Crippen molar-refractivity contribution in [1.82, 2.24) is 5.32 Å². The fourth-order valence-corrected chi connectivity index (χ4v) is 1.46. The fourth-order valence-electron chi connectivity index (χ4n) is 1.46. The van der Waals surface area contributed by atoms with E-state index in [1.54, 1.807) is 12.5 Å². The first-order valence-corrected chi connectivity index (χ1v) is 5.20. The average Bonchev–Trinajstić information content (AvgIpc) is 2.69. The summed E-state index contributed by atoms with van der Waals surface area (Å²) in [6.45, 7) is 9.25. The van der Waals surface area contributed by atoms with Crippen LogP contribution in [-0.2, 0) is 0 Å². The van der Waals surface area contributed by atoms with Crippen LogP contribution in [0.25, 0.3) is 0 Å². The molecule has 2 heteroatoms. The number of hydrogen-bond donors (Lipinski definition) is 1. The third-order valence-corrected chi connectivity index (χ3v) is 2.39. The van der Waals surface area contributed by atoms with E-state index in [2.05, 4.69) is 25.7 Å². The maximum atomic E-state index is 5.09. The highest BCUT2D eigenvalue weighted by Crippen LogP contribution is 2.21. The lowest BCUT2D eigenvalue weighted by atomic mass is 10.0. The van der Waals surface area contributed by atoms with Gasteiger partial charge in [-0.3, -0.25) is 0 Å². The van der Waals surface area contributed by atoms with Crippen LogP contribution in [0.2, 0.25) is 0 Å². The van der Waals surface area contributed by atoms with Crippen LogP contribution in [0, 0.1) is 0 Å². The van der Waals surface area contributed by atoms with Gasteiger partial charge in [0.2, 0.25) is 0 Å². The van der Waals surface area contributed by atoms with Crippen molar-refractivity contribution in [2.45, 2.75) is 32.7 Å². The summed E-state index contributed by atoms with van der Waals surface area (Å²) in [5.41, 5.74) is 2.48. The van der Waals surface area contributed by atoms with Gasteiger partial charge in [-0.1, -0.05) is 26.0 Å². The zero-order valence-corrected chi connectivity index (χ0v) is 9.05. The van der Waals surface area contributed by atoms with E-state index in [0.29, 0.717) is 6.04 Å². The summed E-state index contributed by atoms with van der Waals surface area (Å²) in [4.78, 5) is 0. The van der Waals surface area contributed by atoms with Gasteiger partial charge >= 0.3 is 0 Å². The Kier molecular flexibility index (Phi) is 4.47. The van der Waals surface area contributed by atoms with Gasteiger partial charge in [-0.05, 0) is 25.5 Å². The van der Waals surface area contributed by atoms with Gasteiger partial charge in [0.1, 0.15) is 0 Å². The second-order valence-electron chi connectivity index (χ2n) is 3.47. The first-order valence-electron chi connectivity index (χ1n) is 5.20. The molecule has 78 valence electrons. The molecule has 0 saturated heterocycles. The Morgan fingerprint density at radius 1 is 1.57 bits per heavy atom. The monoisotopic (exact) mass is 193 g/mol. The number of hydrogen-bond acceptors (Lipinski definition) is 2. The normalized spacial score (nSPS) is 12.7. The van der Waals surface area contributed by atoms with Gasteiger partial charge in [0.15, 0.2) is 0 Å². The van der Waals surface area contributed by atoms with Gasteiger partial charge in [-0.15, -0.1) is 0 Å². The molecule has 0 saturated carbocycles. The van der Waals surface area contributed by atoms with Crippen LogP contribution < -0.4 is 5.32 Å². The van der Waals surface area contributed by atoms with E-state index in [9.17, 15) is 0 Å². The zero-order chi connectivity index (χ0) is 10.4. The first kappa shape index (κ1) is 11.1. The zero-order valence-electron chi connectivity index (χ0n) is 9.05. The average molecular weight is 193 g/mol. The molecule has 0 fully saturated rings. The van der Waals surface area contributed by atoms with E-state index >= 15 is 0 Å². The van der Waals surface area contributed by atoms with Gasteiger partial charge in [-0.2, -0.15) is 0 Å². The molecule has 0 aromatic carbocycles. The van der Waals surface area contributed by atoms with E-state index in [-0.39, 0.29) is 0 Å². The van der Waals surface area contributed by atoms with Crippen LogP contribution in [0.1, 0.15) is 38.3 Å². The molecule has 14 heavy (non-hydrogen) atoms. The van der Waals surface area contributed by atoms with E-state index in [1.807, 2.05) is 6.07 Å². The Balaban J connectivity index is 2.60. The van der Waals surface area contributed by atoms with E-state index in [4.69, 9.17) is 4.42 Å². The number of nitrogens with one attached hydrogen (secondary N) is 1. The molecule has 1 unspecified atom stereocenters. The van der Waals surface area contributed by atoms with Crippen LogP contribution in [0.5, 0.6) is 0 Å². The van der Waals surface area contributed by atoms with Gasteiger partial charge < -0.3 is 9.73 Å². The highest BCUT2D eigenvalue weighted by molar-refractivity contribution is 5.14. The molecule has 1 heterocycles. The largest absolute Gasteiger partial charge is 0.472 e. The Labute approximate surface area is 86.0 Å². The Morgan fingerprint density at radius 3 is 2.86 bits per heavy atom. The lowest BCUT2D eigenvalue weighted by Crippen LogP contribution is -2.20. The van der Waals surface area contributed by atoms with Crippen LogP contribution in [0.15, 0.2) is 35.2 Å². The second-order valence-corrected chi connectivity index (χ2v) is 3.47. The summed E-state index contributed by atoms with van der Waals surface area (Å²) in [5, 5.41) is 3.43. The van der Waals surface area contributed by atoms with Crippen molar-refractivity contribution in [3.8, 4) is 0 Å². The van der Waals surface area contributed by atoms with Gasteiger partial charge in [0, 0.05) is 11.6 Å². The molecule has 0 radical (unpaired) electrons. The molecule has 2 nitrogen and oxygen atoms in total. The van der Waals surface area contributed by atoms with Crippen LogP contribution in [0.4, 0.5) is 0 Å². The second kappa shape index (κ2) is 5.66. The van der Waals surface area contributed by atoms with Crippen molar-refractivity contribution in [3.05, 3.63) is 36.3 Å². The minimum absolute atomic E-state index is 0.353. The number of rotatable bonds is 6. The van der Waals surface area contributed by atoms with E-state index in [0.717, 1.165) is 19.4 Å².